The molecule has 0 fully saturated rings. The molecule has 14 heavy (non-hydrogen) atoms. The topological polar surface area (TPSA) is 77.2 Å². The number of ether oxygens (including phenoxy) is 1. The molecular weight excluding hydrogens is 182 g/mol. The SMILES string of the molecule is CCNC(=O)COc1cccnc1N. The summed E-state index contributed by atoms with van der Waals surface area (Å²) in [5.74, 6) is 0.548. The second kappa shape index (κ2) is 5.06. The molecule has 0 saturated carbocycles. The molecule has 5 nitrogen and oxygen atoms in total. The minimum atomic E-state index is -0.171. The van der Waals surface area contributed by atoms with E-state index in [1.807, 2.05) is 6.92 Å². The molecule has 0 spiro atoms. The van der Waals surface area contributed by atoms with Crippen LogP contribution < -0.4 is 15.8 Å². The minimum Gasteiger partial charge on any atom is -0.480 e. The van der Waals surface area contributed by atoms with Crippen LogP contribution in [0.5, 0.6) is 5.75 Å². The maximum absolute atomic E-state index is 11.0. The number of nitrogens with one attached hydrogen (secondary N) is 1. The Labute approximate surface area is 82.3 Å². The molecule has 0 aliphatic carbocycles. The number of nitrogens with zero attached hydrogens (tertiary/aromatic N) is 1. The molecule has 1 heterocycles. The van der Waals surface area contributed by atoms with E-state index in [2.05, 4.69) is 10.3 Å². The van der Waals surface area contributed by atoms with Crippen LogP contribution in [0.1, 0.15) is 6.92 Å². The van der Waals surface area contributed by atoms with Gasteiger partial charge in [-0.3, -0.25) is 4.79 Å². The Bertz CT molecular complexity index is 315. The fraction of sp³-hybridized carbons (Fsp3) is 0.333. The molecule has 0 saturated heterocycles. The number of pyridine rings is 1. The van der Waals surface area contributed by atoms with Crippen molar-refractivity contribution >= 4 is 11.7 Å². The van der Waals surface area contributed by atoms with Gasteiger partial charge in [0.1, 0.15) is 0 Å². The van der Waals surface area contributed by atoms with Crippen molar-refractivity contribution in [2.24, 2.45) is 0 Å². The lowest BCUT2D eigenvalue weighted by Gasteiger charge is -2.06. The predicted octanol–water partition coefficient (Wildman–Crippen LogP) is 0.179. The van der Waals surface area contributed by atoms with E-state index in [1.54, 1.807) is 18.3 Å². The number of likely N-dealkylation sites (N-methyl/N-ethyl adjacent to an activating group) is 1. The molecule has 1 amide bonds. The Hall–Kier alpha value is -1.78. The van der Waals surface area contributed by atoms with Crippen molar-refractivity contribution in [2.45, 2.75) is 6.92 Å². The van der Waals surface area contributed by atoms with E-state index in [9.17, 15) is 4.79 Å². The summed E-state index contributed by atoms with van der Waals surface area (Å²) in [7, 11) is 0. The summed E-state index contributed by atoms with van der Waals surface area (Å²) in [5.41, 5.74) is 5.51. The third kappa shape index (κ3) is 2.93. The maximum Gasteiger partial charge on any atom is 0.257 e. The number of amides is 1. The standard InChI is InChI=1S/C9H13N3O2/c1-2-11-8(13)6-14-7-4-3-5-12-9(7)10/h3-5H,2,6H2,1H3,(H2,10,12)(H,11,13). The molecule has 76 valence electrons. The summed E-state index contributed by atoms with van der Waals surface area (Å²) in [5, 5.41) is 2.61. The van der Waals surface area contributed by atoms with Gasteiger partial charge in [0.15, 0.2) is 18.2 Å². The van der Waals surface area contributed by atoms with Gasteiger partial charge in [-0.25, -0.2) is 4.98 Å². The van der Waals surface area contributed by atoms with E-state index in [0.717, 1.165) is 0 Å². The highest BCUT2D eigenvalue weighted by Gasteiger charge is 2.03. The lowest BCUT2D eigenvalue weighted by Crippen LogP contribution is -2.28. The first-order chi connectivity index (χ1) is 6.74. The highest BCUT2D eigenvalue weighted by Crippen LogP contribution is 2.16. The molecule has 0 unspecified atom stereocenters. The molecule has 1 aromatic heterocycles. The molecule has 0 aromatic carbocycles. The van der Waals surface area contributed by atoms with Crippen LogP contribution in [0.3, 0.4) is 0 Å². The highest BCUT2D eigenvalue weighted by molar-refractivity contribution is 5.77. The smallest absolute Gasteiger partial charge is 0.257 e. The van der Waals surface area contributed by atoms with Gasteiger partial charge in [0.25, 0.3) is 5.91 Å². The number of aromatic nitrogens is 1. The monoisotopic (exact) mass is 195 g/mol. The number of nitrogens with two attached hydrogens (primary N) is 1. The van der Waals surface area contributed by atoms with E-state index in [0.29, 0.717) is 12.3 Å². The molecule has 0 aliphatic rings. The van der Waals surface area contributed by atoms with Crippen molar-refractivity contribution in [1.82, 2.24) is 10.3 Å². The number of hydrogen-bond acceptors (Lipinski definition) is 4. The molecule has 0 atom stereocenters. The average molecular weight is 195 g/mol. The summed E-state index contributed by atoms with van der Waals surface area (Å²) >= 11 is 0. The third-order valence-electron chi connectivity index (χ3n) is 1.53. The van der Waals surface area contributed by atoms with Crippen LogP contribution in [0.25, 0.3) is 0 Å². The van der Waals surface area contributed by atoms with E-state index in [4.69, 9.17) is 10.5 Å². The molecule has 5 heteroatoms. The lowest BCUT2D eigenvalue weighted by atomic mass is 10.4. The van der Waals surface area contributed by atoms with Gasteiger partial charge < -0.3 is 15.8 Å². The van der Waals surface area contributed by atoms with Gasteiger partial charge in [0.2, 0.25) is 0 Å². The second-order valence-electron chi connectivity index (χ2n) is 2.63. The first-order valence-electron chi connectivity index (χ1n) is 4.34. The number of rotatable bonds is 4. The largest absolute Gasteiger partial charge is 0.480 e. The lowest BCUT2D eigenvalue weighted by molar-refractivity contribution is -0.122. The third-order valence-corrected chi connectivity index (χ3v) is 1.53. The van der Waals surface area contributed by atoms with Gasteiger partial charge in [0.05, 0.1) is 0 Å². The molecule has 1 rings (SSSR count). The average Bonchev–Trinajstić information content (AvgIpc) is 2.17. The zero-order valence-corrected chi connectivity index (χ0v) is 7.99. The molecular formula is C9H13N3O2. The normalized spacial score (nSPS) is 9.50. The Morgan fingerprint density at radius 1 is 1.71 bits per heavy atom. The van der Waals surface area contributed by atoms with Crippen molar-refractivity contribution in [2.75, 3.05) is 18.9 Å². The highest BCUT2D eigenvalue weighted by atomic mass is 16.5. The Morgan fingerprint density at radius 3 is 3.14 bits per heavy atom. The quantitative estimate of drug-likeness (QED) is 0.718. The Kier molecular flexibility index (Phi) is 3.72. The molecule has 0 bridgehead atoms. The van der Waals surface area contributed by atoms with E-state index < -0.39 is 0 Å². The number of carbonyl (C=O) groups is 1. The first-order valence-corrected chi connectivity index (χ1v) is 4.34. The summed E-state index contributed by atoms with van der Waals surface area (Å²) in [6.07, 6.45) is 1.56. The number of hydrogen-bond donors (Lipinski definition) is 2. The van der Waals surface area contributed by atoms with Crippen LogP contribution in [0.15, 0.2) is 18.3 Å². The summed E-state index contributed by atoms with van der Waals surface area (Å²) in [6, 6.07) is 3.37. The minimum absolute atomic E-state index is 0.0380. The van der Waals surface area contributed by atoms with Crippen LogP contribution >= 0.6 is 0 Å². The summed E-state index contributed by atoms with van der Waals surface area (Å²) < 4.78 is 5.15. The zero-order chi connectivity index (χ0) is 10.4. The van der Waals surface area contributed by atoms with Gasteiger partial charge in [-0.15, -0.1) is 0 Å². The molecule has 3 N–H and O–H groups in total. The number of nitrogen functional groups attached to an aromatic ring is 1. The van der Waals surface area contributed by atoms with E-state index in [-0.39, 0.29) is 18.3 Å². The summed E-state index contributed by atoms with van der Waals surface area (Å²) in [4.78, 5) is 14.9. The van der Waals surface area contributed by atoms with Gasteiger partial charge in [-0.05, 0) is 19.1 Å². The predicted molar refractivity (Wildman–Crippen MR) is 52.8 cm³/mol. The van der Waals surface area contributed by atoms with Crippen molar-refractivity contribution in [3.63, 3.8) is 0 Å². The van der Waals surface area contributed by atoms with Crippen LogP contribution in [0, 0.1) is 0 Å². The fourth-order valence-corrected chi connectivity index (χ4v) is 0.916. The van der Waals surface area contributed by atoms with Crippen LogP contribution in [-0.4, -0.2) is 24.0 Å². The van der Waals surface area contributed by atoms with Gasteiger partial charge in [-0.1, -0.05) is 0 Å². The zero-order valence-electron chi connectivity index (χ0n) is 7.99. The first kappa shape index (κ1) is 10.3. The van der Waals surface area contributed by atoms with Crippen LogP contribution in [0.4, 0.5) is 5.82 Å². The molecule has 0 aliphatic heterocycles. The Morgan fingerprint density at radius 2 is 2.50 bits per heavy atom. The van der Waals surface area contributed by atoms with Crippen molar-refractivity contribution in [3.05, 3.63) is 18.3 Å². The van der Waals surface area contributed by atoms with Gasteiger partial charge >= 0.3 is 0 Å². The maximum atomic E-state index is 11.0. The second-order valence-corrected chi connectivity index (χ2v) is 2.63. The van der Waals surface area contributed by atoms with Crippen molar-refractivity contribution in [3.8, 4) is 5.75 Å². The number of carbonyl (C=O) groups excluding carboxylic acids is 1. The van der Waals surface area contributed by atoms with Crippen LogP contribution in [0.2, 0.25) is 0 Å². The molecule has 1 aromatic rings. The van der Waals surface area contributed by atoms with E-state index >= 15 is 0 Å². The van der Waals surface area contributed by atoms with Gasteiger partial charge in [0, 0.05) is 12.7 Å². The van der Waals surface area contributed by atoms with Crippen molar-refractivity contribution < 1.29 is 9.53 Å². The van der Waals surface area contributed by atoms with Crippen LogP contribution in [-0.2, 0) is 4.79 Å². The summed E-state index contributed by atoms with van der Waals surface area (Å²) in [6.45, 7) is 2.39. The van der Waals surface area contributed by atoms with Crippen molar-refractivity contribution in [1.29, 1.82) is 0 Å². The van der Waals surface area contributed by atoms with Gasteiger partial charge in [-0.2, -0.15) is 0 Å². The molecule has 0 radical (unpaired) electrons. The fourth-order valence-electron chi connectivity index (χ4n) is 0.916. The number of anilines is 1. The Balaban J connectivity index is 2.46. The van der Waals surface area contributed by atoms with E-state index in [1.165, 1.54) is 0 Å².